The molecule has 0 saturated heterocycles. The van der Waals surface area contributed by atoms with E-state index in [1.165, 1.54) is 0 Å². The molecule has 0 aromatic carbocycles. The van der Waals surface area contributed by atoms with E-state index in [0.29, 0.717) is 5.88 Å². The Morgan fingerprint density at radius 1 is 1.53 bits per heavy atom. The molecule has 4 heteroatoms. The van der Waals surface area contributed by atoms with Crippen LogP contribution in [-0.4, -0.2) is 17.4 Å². The standard InChI is InChI=1S/C11H16BrClN2/c1-11(2,5-6-13)8-15-10-9(12)4-3-7-14-10/h3-4,7H,5-6,8H2,1-2H3,(H,14,15). The maximum atomic E-state index is 5.75. The van der Waals surface area contributed by atoms with Gasteiger partial charge in [0.1, 0.15) is 5.82 Å². The van der Waals surface area contributed by atoms with Gasteiger partial charge < -0.3 is 5.32 Å². The highest BCUT2D eigenvalue weighted by Crippen LogP contribution is 2.24. The summed E-state index contributed by atoms with van der Waals surface area (Å²) >= 11 is 9.20. The van der Waals surface area contributed by atoms with Crippen LogP contribution in [0.2, 0.25) is 0 Å². The Kier molecular flexibility index (Phi) is 4.87. The number of aromatic nitrogens is 1. The number of anilines is 1. The van der Waals surface area contributed by atoms with Crippen LogP contribution in [0, 0.1) is 5.41 Å². The molecule has 15 heavy (non-hydrogen) atoms. The predicted molar refractivity (Wildman–Crippen MR) is 69.5 cm³/mol. The Morgan fingerprint density at radius 3 is 2.87 bits per heavy atom. The van der Waals surface area contributed by atoms with Crippen LogP contribution in [0.4, 0.5) is 5.82 Å². The average molecular weight is 292 g/mol. The molecule has 0 radical (unpaired) electrons. The van der Waals surface area contributed by atoms with E-state index in [1.807, 2.05) is 12.1 Å². The minimum atomic E-state index is 0.193. The van der Waals surface area contributed by atoms with Crippen LogP contribution in [0.25, 0.3) is 0 Å². The predicted octanol–water partition coefficient (Wildman–Crippen LogP) is 3.91. The lowest BCUT2D eigenvalue weighted by Crippen LogP contribution is -2.24. The van der Waals surface area contributed by atoms with Gasteiger partial charge >= 0.3 is 0 Å². The van der Waals surface area contributed by atoms with Gasteiger partial charge in [0.25, 0.3) is 0 Å². The Morgan fingerprint density at radius 2 is 2.27 bits per heavy atom. The second kappa shape index (κ2) is 5.71. The second-order valence-corrected chi connectivity index (χ2v) is 5.52. The molecule has 1 aromatic rings. The first-order valence-corrected chi connectivity index (χ1v) is 6.28. The number of nitrogens with one attached hydrogen (secondary N) is 1. The lowest BCUT2D eigenvalue weighted by atomic mass is 9.90. The molecular weight excluding hydrogens is 275 g/mol. The van der Waals surface area contributed by atoms with Gasteiger partial charge in [-0.25, -0.2) is 4.98 Å². The van der Waals surface area contributed by atoms with Gasteiger partial charge in [0, 0.05) is 18.6 Å². The Bertz CT molecular complexity index is 315. The average Bonchev–Trinajstić information content (AvgIpc) is 2.16. The summed E-state index contributed by atoms with van der Waals surface area (Å²) in [6.45, 7) is 5.26. The van der Waals surface area contributed by atoms with Crippen LogP contribution in [0.3, 0.4) is 0 Å². The lowest BCUT2D eigenvalue weighted by molar-refractivity contribution is 0.379. The van der Waals surface area contributed by atoms with E-state index in [9.17, 15) is 0 Å². The smallest absolute Gasteiger partial charge is 0.140 e. The fourth-order valence-corrected chi connectivity index (χ4v) is 2.09. The third-order valence-corrected chi connectivity index (χ3v) is 3.09. The van der Waals surface area contributed by atoms with Gasteiger partial charge in [-0.05, 0) is 39.9 Å². The van der Waals surface area contributed by atoms with Gasteiger partial charge in [-0.3, -0.25) is 0 Å². The lowest BCUT2D eigenvalue weighted by Gasteiger charge is -2.24. The van der Waals surface area contributed by atoms with Crippen LogP contribution >= 0.6 is 27.5 Å². The highest BCUT2D eigenvalue weighted by Gasteiger charge is 2.17. The molecule has 84 valence electrons. The van der Waals surface area contributed by atoms with Crippen LogP contribution in [0.5, 0.6) is 0 Å². The summed E-state index contributed by atoms with van der Waals surface area (Å²) in [5.41, 5.74) is 0.193. The molecule has 1 aromatic heterocycles. The fourth-order valence-electron chi connectivity index (χ4n) is 1.18. The summed E-state index contributed by atoms with van der Waals surface area (Å²) in [6.07, 6.45) is 2.77. The van der Waals surface area contributed by atoms with Crippen molar-refractivity contribution >= 4 is 33.3 Å². The number of alkyl halides is 1. The molecule has 0 aliphatic rings. The summed E-state index contributed by atoms with van der Waals surface area (Å²) in [7, 11) is 0. The normalized spacial score (nSPS) is 11.5. The van der Waals surface area contributed by atoms with Crippen molar-refractivity contribution in [2.45, 2.75) is 20.3 Å². The number of hydrogen-bond donors (Lipinski definition) is 1. The Hall–Kier alpha value is -0.280. The van der Waals surface area contributed by atoms with Crippen molar-refractivity contribution in [1.82, 2.24) is 4.98 Å². The zero-order chi connectivity index (χ0) is 11.3. The molecule has 0 saturated carbocycles. The molecule has 0 amide bonds. The molecule has 0 unspecified atom stereocenters. The van der Waals surface area contributed by atoms with Gasteiger partial charge in [-0.1, -0.05) is 13.8 Å². The first kappa shape index (κ1) is 12.8. The molecular formula is C11H16BrClN2. The quantitative estimate of drug-likeness (QED) is 0.832. The van der Waals surface area contributed by atoms with E-state index in [4.69, 9.17) is 11.6 Å². The van der Waals surface area contributed by atoms with Crippen molar-refractivity contribution in [3.63, 3.8) is 0 Å². The maximum absolute atomic E-state index is 5.75. The summed E-state index contributed by atoms with van der Waals surface area (Å²) in [4.78, 5) is 4.25. The first-order chi connectivity index (χ1) is 7.05. The van der Waals surface area contributed by atoms with E-state index in [-0.39, 0.29) is 5.41 Å². The largest absolute Gasteiger partial charge is 0.369 e. The fraction of sp³-hybridized carbons (Fsp3) is 0.545. The molecule has 0 spiro atoms. The summed E-state index contributed by atoms with van der Waals surface area (Å²) in [6, 6.07) is 3.88. The van der Waals surface area contributed by atoms with Gasteiger partial charge in [-0.2, -0.15) is 0 Å². The zero-order valence-electron chi connectivity index (χ0n) is 9.06. The van der Waals surface area contributed by atoms with Crippen molar-refractivity contribution in [2.75, 3.05) is 17.7 Å². The maximum Gasteiger partial charge on any atom is 0.140 e. The molecule has 0 aliphatic carbocycles. The SMILES string of the molecule is CC(C)(CCCl)CNc1ncccc1Br. The minimum Gasteiger partial charge on any atom is -0.369 e. The number of hydrogen-bond acceptors (Lipinski definition) is 2. The monoisotopic (exact) mass is 290 g/mol. The van der Waals surface area contributed by atoms with Crippen LogP contribution < -0.4 is 5.32 Å². The van der Waals surface area contributed by atoms with Crippen molar-refractivity contribution in [3.8, 4) is 0 Å². The van der Waals surface area contributed by atoms with Crippen LogP contribution in [0.15, 0.2) is 22.8 Å². The van der Waals surface area contributed by atoms with Crippen molar-refractivity contribution in [1.29, 1.82) is 0 Å². The van der Waals surface area contributed by atoms with Crippen molar-refractivity contribution < 1.29 is 0 Å². The molecule has 0 bridgehead atoms. The highest BCUT2D eigenvalue weighted by atomic mass is 79.9. The topological polar surface area (TPSA) is 24.9 Å². The van der Waals surface area contributed by atoms with Crippen molar-refractivity contribution in [3.05, 3.63) is 22.8 Å². The van der Waals surface area contributed by atoms with Gasteiger partial charge in [0.2, 0.25) is 0 Å². The second-order valence-electron chi connectivity index (χ2n) is 4.29. The molecule has 0 aliphatic heterocycles. The third-order valence-electron chi connectivity index (χ3n) is 2.26. The zero-order valence-corrected chi connectivity index (χ0v) is 11.4. The number of pyridine rings is 1. The van der Waals surface area contributed by atoms with E-state index >= 15 is 0 Å². The van der Waals surface area contributed by atoms with Crippen LogP contribution in [0.1, 0.15) is 20.3 Å². The first-order valence-electron chi connectivity index (χ1n) is 4.95. The number of halogens is 2. The third kappa shape index (κ3) is 4.39. The number of rotatable bonds is 5. The van der Waals surface area contributed by atoms with E-state index in [2.05, 4.69) is 40.1 Å². The van der Waals surface area contributed by atoms with Crippen molar-refractivity contribution in [2.24, 2.45) is 5.41 Å². The number of nitrogens with zero attached hydrogens (tertiary/aromatic N) is 1. The summed E-state index contributed by atoms with van der Waals surface area (Å²) in [5.74, 6) is 1.58. The van der Waals surface area contributed by atoms with Crippen LogP contribution in [-0.2, 0) is 0 Å². The summed E-state index contributed by atoms with van der Waals surface area (Å²) in [5, 5.41) is 3.32. The minimum absolute atomic E-state index is 0.193. The van der Waals surface area contributed by atoms with Gasteiger partial charge in [0.15, 0.2) is 0 Å². The van der Waals surface area contributed by atoms with Gasteiger partial charge in [-0.15, -0.1) is 11.6 Å². The molecule has 2 nitrogen and oxygen atoms in total. The van der Waals surface area contributed by atoms with E-state index < -0.39 is 0 Å². The van der Waals surface area contributed by atoms with E-state index in [1.54, 1.807) is 6.20 Å². The Balaban J connectivity index is 2.53. The molecule has 0 atom stereocenters. The van der Waals surface area contributed by atoms with Gasteiger partial charge in [0.05, 0.1) is 4.47 Å². The molecule has 0 fully saturated rings. The highest BCUT2D eigenvalue weighted by molar-refractivity contribution is 9.10. The Labute approximate surface area is 105 Å². The molecule has 1 rings (SSSR count). The molecule has 1 heterocycles. The molecule has 1 N–H and O–H groups in total. The summed E-state index contributed by atoms with van der Waals surface area (Å²) < 4.78 is 0.992. The van der Waals surface area contributed by atoms with E-state index in [0.717, 1.165) is 23.3 Å².